The molecule has 1 N–H and O–H groups in total. The summed E-state index contributed by atoms with van der Waals surface area (Å²) in [5.74, 6) is 0.723. The van der Waals surface area contributed by atoms with Crippen molar-refractivity contribution in [2.75, 3.05) is 31.0 Å². The second kappa shape index (κ2) is 8.01. The lowest BCUT2D eigenvalue weighted by molar-refractivity contribution is -0.120. The van der Waals surface area contributed by atoms with Crippen LogP contribution in [-0.4, -0.2) is 32.6 Å². The maximum Gasteiger partial charge on any atom is 0.244 e. The van der Waals surface area contributed by atoms with E-state index < -0.39 is 0 Å². The fraction of sp³-hybridized carbons (Fsp3) is 0.222. The molecule has 0 saturated carbocycles. The smallest absolute Gasteiger partial charge is 0.244 e. The molecule has 2 aromatic carbocycles. The van der Waals surface area contributed by atoms with E-state index in [4.69, 9.17) is 9.47 Å². The maximum absolute atomic E-state index is 12.3. The maximum atomic E-state index is 12.3. The quantitative estimate of drug-likeness (QED) is 0.885. The molecule has 126 valence electrons. The average Bonchev–Trinajstić information content (AvgIpc) is 2.59. The highest BCUT2D eigenvalue weighted by Crippen LogP contribution is 2.21. The van der Waals surface area contributed by atoms with E-state index in [-0.39, 0.29) is 18.4 Å². The second-order valence-corrected chi connectivity index (χ2v) is 5.09. The van der Waals surface area contributed by atoms with Gasteiger partial charge in [0.05, 0.1) is 14.2 Å². The molecule has 0 atom stereocenters. The van der Waals surface area contributed by atoms with Gasteiger partial charge in [-0.3, -0.25) is 9.59 Å². The van der Waals surface area contributed by atoms with Gasteiger partial charge >= 0.3 is 0 Å². The number of methoxy groups -OCH3 is 2. The molecule has 2 rings (SSSR count). The minimum atomic E-state index is -0.304. The van der Waals surface area contributed by atoms with E-state index in [0.717, 1.165) is 0 Å². The Morgan fingerprint density at radius 1 is 1.00 bits per heavy atom. The van der Waals surface area contributed by atoms with Crippen LogP contribution in [0.1, 0.15) is 6.92 Å². The van der Waals surface area contributed by atoms with Gasteiger partial charge in [-0.15, -0.1) is 0 Å². The first-order chi connectivity index (χ1) is 11.5. The van der Waals surface area contributed by atoms with Gasteiger partial charge in [0, 0.05) is 30.4 Å². The molecular weight excluding hydrogens is 308 g/mol. The predicted octanol–water partition coefficient (Wildman–Crippen LogP) is 2.70. The summed E-state index contributed by atoms with van der Waals surface area (Å²) < 4.78 is 10.3. The molecule has 6 nitrogen and oxygen atoms in total. The van der Waals surface area contributed by atoms with E-state index >= 15 is 0 Å². The molecule has 0 fully saturated rings. The standard InChI is InChI=1S/C18H20N2O4/c1-13(21)20(15-7-5-9-17(11-15)24-3)12-18(22)19-14-6-4-8-16(10-14)23-2/h4-11H,12H2,1-3H3,(H,19,22). The van der Waals surface area contributed by atoms with E-state index in [1.807, 2.05) is 0 Å². The van der Waals surface area contributed by atoms with Crippen molar-refractivity contribution in [3.8, 4) is 11.5 Å². The van der Waals surface area contributed by atoms with Gasteiger partial charge in [-0.05, 0) is 24.3 Å². The molecule has 2 aromatic rings. The van der Waals surface area contributed by atoms with Gasteiger partial charge in [-0.25, -0.2) is 0 Å². The Balaban J connectivity index is 2.12. The number of nitrogens with zero attached hydrogens (tertiary/aromatic N) is 1. The van der Waals surface area contributed by atoms with Crippen molar-refractivity contribution in [1.29, 1.82) is 0 Å². The van der Waals surface area contributed by atoms with Crippen LogP contribution >= 0.6 is 0 Å². The number of hydrogen-bond acceptors (Lipinski definition) is 4. The van der Waals surface area contributed by atoms with Gasteiger partial charge in [0.2, 0.25) is 11.8 Å². The Morgan fingerprint density at radius 2 is 1.62 bits per heavy atom. The van der Waals surface area contributed by atoms with Crippen molar-refractivity contribution in [3.63, 3.8) is 0 Å². The SMILES string of the molecule is COc1cccc(NC(=O)CN(C(C)=O)c2cccc(OC)c2)c1. The third-order valence-electron chi connectivity index (χ3n) is 3.40. The van der Waals surface area contributed by atoms with Gasteiger partial charge in [0.25, 0.3) is 0 Å². The van der Waals surface area contributed by atoms with Crippen molar-refractivity contribution in [3.05, 3.63) is 48.5 Å². The molecule has 0 aliphatic carbocycles. The molecule has 2 amide bonds. The summed E-state index contributed by atoms with van der Waals surface area (Å²) in [6.45, 7) is 1.32. The van der Waals surface area contributed by atoms with Crippen LogP contribution in [-0.2, 0) is 9.59 Å². The van der Waals surface area contributed by atoms with Gasteiger partial charge in [-0.2, -0.15) is 0 Å². The highest BCUT2D eigenvalue weighted by atomic mass is 16.5. The Morgan fingerprint density at radius 3 is 2.25 bits per heavy atom. The van der Waals surface area contributed by atoms with Gasteiger partial charge in [0.15, 0.2) is 0 Å². The summed E-state index contributed by atoms with van der Waals surface area (Å²) in [6.07, 6.45) is 0. The van der Waals surface area contributed by atoms with Crippen LogP contribution in [0.2, 0.25) is 0 Å². The molecule has 0 saturated heterocycles. The molecular formula is C18H20N2O4. The average molecular weight is 328 g/mol. The molecule has 0 aliphatic rings. The summed E-state index contributed by atoms with van der Waals surface area (Å²) in [6, 6.07) is 14.0. The van der Waals surface area contributed by atoms with Crippen molar-refractivity contribution in [2.45, 2.75) is 6.92 Å². The summed E-state index contributed by atoms with van der Waals surface area (Å²) in [4.78, 5) is 25.6. The fourth-order valence-corrected chi connectivity index (χ4v) is 2.21. The molecule has 0 unspecified atom stereocenters. The van der Waals surface area contributed by atoms with Crippen LogP contribution in [0.5, 0.6) is 11.5 Å². The van der Waals surface area contributed by atoms with Crippen LogP contribution in [0, 0.1) is 0 Å². The van der Waals surface area contributed by atoms with Gasteiger partial charge in [0.1, 0.15) is 18.0 Å². The summed E-state index contributed by atoms with van der Waals surface area (Å²) in [5, 5.41) is 2.76. The van der Waals surface area contributed by atoms with E-state index in [1.165, 1.54) is 11.8 Å². The van der Waals surface area contributed by atoms with Crippen LogP contribution in [0.25, 0.3) is 0 Å². The Bertz CT molecular complexity index is 730. The van der Waals surface area contributed by atoms with Gasteiger partial charge < -0.3 is 19.7 Å². The normalized spacial score (nSPS) is 9.96. The number of carbonyl (C=O) groups excluding carboxylic acids is 2. The highest BCUT2D eigenvalue weighted by Gasteiger charge is 2.16. The zero-order chi connectivity index (χ0) is 17.5. The van der Waals surface area contributed by atoms with Crippen molar-refractivity contribution in [2.24, 2.45) is 0 Å². The fourth-order valence-electron chi connectivity index (χ4n) is 2.21. The van der Waals surface area contributed by atoms with Crippen LogP contribution in [0.4, 0.5) is 11.4 Å². The lowest BCUT2D eigenvalue weighted by Crippen LogP contribution is -2.36. The number of rotatable bonds is 6. The summed E-state index contributed by atoms with van der Waals surface area (Å²) in [7, 11) is 3.11. The Hall–Kier alpha value is -3.02. The lowest BCUT2D eigenvalue weighted by Gasteiger charge is -2.21. The molecule has 6 heteroatoms. The topological polar surface area (TPSA) is 67.9 Å². The molecule has 24 heavy (non-hydrogen) atoms. The zero-order valence-electron chi connectivity index (χ0n) is 13.9. The Labute approximate surface area is 141 Å². The van der Waals surface area contributed by atoms with Crippen LogP contribution in [0.3, 0.4) is 0 Å². The van der Waals surface area contributed by atoms with Gasteiger partial charge in [-0.1, -0.05) is 12.1 Å². The monoisotopic (exact) mass is 328 g/mol. The number of benzene rings is 2. The second-order valence-electron chi connectivity index (χ2n) is 5.09. The summed E-state index contributed by atoms with van der Waals surface area (Å²) >= 11 is 0. The van der Waals surface area contributed by atoms with Crippen LogP contribution < -0.4 is 19.7 Å². The van der Waals surface area contributed by atoms with E-state index in [1.54, 1.807) is 62.8 Å². The largest absolute Gasteiger partial charge is 0.497 e. The minimum absolute atomic E-state index is 0.0975. The first-order valence-corrected chi connectivity index (χ1v) is 7.39. The van der Waals surface area contributed by atoms with Crippen molar-refractivity contribution < 1.29 is 19.1 Å². The zero-order valence-corrected chi connectivity index (χ0v) is 13.9. The molecule has 0 bridgehead atoms. The third kappa shape index (κ3) is 4.49. The number of hydrogen-bond donors (Lipinski definition) is 1. The van der Waals surface area contributed by atoms with E-state index in [9.17, 15) is 9.59 Å². The first kappa shape index (κ1) is 17.3. The minimum Gasteiger partial charge on any atom is -0.497 e. The molecule has 0 aromatic heterocycles. The van der Waals surface area contributed by atoms with Crippen molar-refractivity contribution in [1.82, 2.24) is 0 Å². The number of ether oxygens (including phenoxy) is 2. The molecule has 0 spiro atoms. The Kier molecular flexibility index (Phi) is 5.78. The van der Waals surface area contributed by atoms with Crippen molar-refractivity contribution >= 4 is 23.2 Å². The first-order valence-electron chi connectivity index (χ1n) is 7.39. The number of nitrogens with one attached hydrogen (secondary N) is 1. The molecule has 0 aliphatic heterocycles. The molecule has 0 heterocycles. The molecule has 0 radical (unpaired) electrons. The lowest BCUT2D eigenvalue weighted by atomic mass is 10.2. The number of carbonyl (C=O) groups is 2. The van der Waals surface area contributed by atoms with E-state index in [0.29, 0.717) is 22.9 Å². The third-order valence-corrected chi connectivity index (χ3v) is 3.40. The van der Waals surface area contributed by atoms with E-state index in [2.05, 4.69) is 5.32 Å². The predicted molar refractivity (Wildman–Crippen MR) is 92.6 cm³/mol. The number of amides is 2. The van der Waals surface area contributed by atoms with Crippen LogP contribution in [0.15, 0.2) is 48.5 Å². The highest BCUT2D eigenvalue weighted by molar-refractivity contribution is 6.01. The summed E-state index contributed by atoms with van der Waals surface area (Å²) in [5.41, 5.74) is 1.20. The number of anilines is 2.